The van der Waals surface area contributed by atoms with Gasteiger partial charge in [0.05, 0.1) is 5.02 Å². The number of hydrogen-bond donors (Lipinski definition) is 1. The highest BCUT2D eigenvalue weighted by atomic mass is 35.5. The molecule has 1 nitrogen and oxygen atoms in total. The minimum absolute atomic E-state index is 0.233. The molecule has 0 aliphatic carbocycles. The lowest BCUT2D eigenvalue weighted by Crippen LogP contribution is -2.28. The van der Waals surface area contributed by atoms with Gasteiger partial charge in [-0.25, -0.2) is 4.39 Å². The molecule has 4 heteroatoms. The maximum atomic E-state index is 13.6. The third-order valence-electron chi connectivity index (χ3n) is 3.34. The molecule has 18 heavy (non-hydrogen) atoms. The van der Waals surface area contributed by atoms with Gasteiger partial charge in [-0.3, -0.25) is 0 Å². The summed E-state index contributed by atoms with van der Waals surface area (Å²) in [5, 5.41) is 3.80. The van der Waals surface area contributed by atoms with Crippen LogP contribution < -0.4 is 5.32 Å². The van der Waals surface area contributed by atoms with Crippen LogP contribution in [0.1, 0.15) is 37.4 Å². The summed E-state index contributed by atoms with van der Waals surface area (Å²) in [6.45, 7) is 5.38. The first-order valence-electron chi connectivity index (χ1n) is 6.42. The molecule has 1 heterocycles. The minimum Gasteiger partial charge on any atom is -0.310 e. The van der Waals surface area contributed by atoms with E-state index in [2.05, 4.69) is 19.2 Å². The molecule has 0 aromatic heterocycles. The minimum atomic E-state index is -0.306. The molecular formula is C14H19ClFNS. The molecule has 0 radical (unpaired) electrons. The summed E-state index contributed by atoms with van der Waals surface area (Å²) in [4.78, 5) is 0. The van der Waals surface area contributed by atoms with Crippen LogP contribution in [-0.2, 0) is 5.75 Å². The number of hydrogen-bond acceptors (Lipinski definition) is 2. The Morgan fingerprint density at radius 2 is 2.28 bits per heavy atom. The third-order valence-corrected chi connectivity index (χ3v) is 4.91. The predicted molar refractivity (Wildman–Crippen MR) is 77.8 cm³/mol. The van der Waals surface area contributed by atoms with E-state index in [0.29, 0.717) is 5.92 Å². The Bertz CT molecular complexity index is 425. The summed E-state index contributed by atoms with van der Waals surface area (Å²) in [5.74, 6) is 2.19. The molecule has 0 fully saturated rings. The van der Waals surface area contributed by atoms with Crippen molar-refractivity contribution in [2.75, 3.05) is 12.3 Å². The van der Waals surface area contributed by atoms with Crippen LogP contribution in [0.25, 0.3) is 0 Å². The van der Waals surface area contributed by atoms with Crippen molar-refractivity contribution in [3.63, 3.8) is 0 Å². The van der Waals surface area contributed by atoms with Gasteiger partial charge in [-0.05, 0) is 47.9 Å². The molecule has 1 aliphatic rings. The normalized spacial score (nSPS) is 23.6. The number of benzene rings is 1. The van der Waals surface area contributed by atoms with Crippen molar-refractivity contribution < 1.29 is 4.39 Å². The molecule has 0 saturated heterocycles. The summed E-state index contributed by atoms with van der Waals surface area (Å²) < 4.78 is 13.6. The Balaban J connectivity index is 2.37. The van der Waals surface area contributed by atoms with Crippen molar-refractivity contribution in [2.45, 2.75) is 32.1 Å². The fourth-order valence-corrected chi connectivity index (χ4v) is 3.71. The molecule has 1 N–H and O–H groups in total. The molecule has 2 unspecified atom stereocenters. The van der Waals surface area contributed by atoms with E-state index in [1.54, 1.807) is 6.07 Å². The van der Waals surface area contributed by atoms with Crippen LogP contribution in [0, 0.1) is 11.7 Å². The van der Waals surface area contributed by atoms with Crippen molar-refractivity contribution in [2.24, 2.45) is 5.92 Å². The highest BCUT2D eigenvalue weighted by molar-refractivity contribution is 7.98. The number of fused-ring (bicyclic) bond motifs is 1. The Kier molecular flexibility index (Phi) is 4.93. The average molecular weight is 288 g/mol. The first kappa shape index (κ1) is 14.2. The standard InChI is InChI=1S/C14H19ClFNS/c1-3-4-17-14-9(2)7-18-8-10-5-13(16)12(15)6-11(10)14/h5-6,9,14,17H,3-4,7-8H2,1-2H3. The van der Waals surface area contributed by atoms with E-state index in [1.807, 2.05) is 17.8 Å². The lowest BCUT2D eigenvalue weighted by atomic mass is 9.92. The monoisotopic (exact) mass is 287 g/mol. The topological polar surface area (TPSA) is 12.0 Å². The van der Waals surface area contributed by atoms with Crippen molar-refractivity contribution in [3.05, 3.63) is 34.1 Å². The zero-order valence-corrected chi connectivity index (χ0v) is 12.4. The molecule has 0 amide bonds. The Labute approximate surface area is 117 Å². The number of thioether (sulfide) groups is 1. The quantitative estimate of drug-likeness (QED) is 0.884. The fourth-order valence-electron chi connectivity index (χ4n) is 2.39. The van der Waals surface area contributed by atoms with Crippen molar-refractivity contribution in [1.29, 1.82) is 0 Å². The van der Waals surface area contributed by atoms with E-state index in [-0.39, 0.29) is 16.9 Å². The molecule has 1 aromatic carbocycles. The van der Waals surface area contributed by atoms with E-state index in [0.717, 1.165) is 30.0 Å². The SMILES string of the molecule is CCCNC1c2cc(Cl)c(F)cc2CSCC1C. The van der Waals surface area contributed by atoms with Crippen LogP contribution in [0.2, 0.25) is 5.02 Å². The number of halogens is 2. The van der Waals surface area contributed by atoms with Crippen LogP contribution >= 0.6 is 23.4 Å². The first-order chi connectivity index (χ1) is 8.63. The molecule has 2 rings (SSSR count). The molecule has 2 atom stereocenters. The number of nitrogens with one attached hydrogen (secondary N) is 1. The summed E-state index contributed by atoms with van der Waals surface area (Å²) in [7, 11) is 0. The first-order valence-corrected chi connectivity index (χ1v) is 7.95. The molecular weight excluding hydrogens is 269 g/mol. The smallest absolute Gasteiger partial charge is 0.142 e. The van der Waals surface area contributed by atoms with Crippen molar-refractivity contribution >= 4 is 23.4 Å². The van der Waals surface area contributed by atoms with Gasteiger partial charge in [-0.2, -0.15) is 11.8 Å². The molecule has 0 spiro atoms. The lowest BCUT2D eigenvalue weighted by Gasteiger charge is -2.24. The van der Waals surface area contributed by atoms with Crippen molar-refractivity contribution in [1.82, 2.24) is 5.32 Å². The van der Waals surface area contributed by atoms with Gasteiger partial charge < -0.3 is 5.32 Å². The van der Waals surface area contributed by atoms with Crippen LogP contribution in [0.4, 0.5) is 4.39 Å². The summed E-state index contributed by atoms with van der Waals surface area (Å²) in [6, 6.07) is 3.69. The van der Waals surface area contributed by atoms with Gasteiger partial charge >= 0.3 is 0 Å². The molecule has 1 aliphatic heterocycles. The highest BCUT2D eigenvalue weighted by Gasteiger charge is 2.25. The maximum Gasteiger partial charge on any atom is 0.142 e. The average Bonchev–Trinajstić information content (AvgIpc) is 2.48. The van der Waals surface area contributed by atoms with Crippen molar-refractivity contribution in [3.8, 4) is 0 Å². The van der Waals surface area contributed by atoms with E-state index in [1.165, 1.54) is 5.56 Å². The van der Waals surface area contributed by atoms with Gasteiger partial charge in [0.25, 0.3) is 0 Å². The molecule has 100 valence electrons. The van der Waals surface area contributed by atoms with E-state index in [4.69, 9.17) is 11.6 Å². The van der Waals surface area contributed by atoms with Gasteiger partial charge in [-0.15, -0.1) is 0 Å². The maximum absolute atomic E-state index is 13.6. The lowest BCUT2D eigenvalue weighted by molar-refractivity contribution is 0.418. The second-order valence-electron chi connectivity index (χ2n) is 4.89. The second-order valence-corrected chi connectivity index (χ2v) is 6.33. The third kappa shape index (κ3) is 3.01. The highest BCUT2D eigenvalue weighted by Crippen LogP contribution is 2.36. The van der Waals surface area contributed by atoms with Gasteiger partial charge in [0.2, 0.25) is 0 Å². The van der Waals surface area contributed by atoms with Crippen LogP contribution in [0.3, 0.4) is 0 Å². The Morgan fingerprint density at radius 1 is 1.50 bits per heavy atom. The fraction of sp³-hybridized carbons (Fsp3) is 0.571. The van der Waals surface area contributed by atoms with Crippen LogP contribution in [0.15, 0.2) is 12.1 Å². The molecule has 1 aromatic rings. The summed E-state index contributed by atoms with van der Waals surface area (Å²) in [5.41, 5.74) is 2.26. The van der Waals surface area contributed by atoms with Crippen LogP contribution in [-0.4, -0.2) is 12.3 Å². The van der Waals surface area contributed by atoms with E-state index in [9.17, 15) is 4.39 Å². The second kappa shape index (κ2) is 6.27. The zero-order chi connectivity index (χ0) is 13.1. The van der Waals surface area contributed by atoms with E-state index >= 15 is 0 Å². The van der Waals surface area contributed by atoms with Gasteiger partial charge in [0.1, 0.15) is 5.82 Å². The largest absolute Gasteiger partial charge is 0.310 e. The number of rotatable bonds is 3. The Hall–Kier alpha value is -0.250. The summed E-state index contributed by atoms with van der Waals surface area (Å²) >= 11 is 7.80. The molecule has 0 bridgehead atoms. The predicted octanol–water partition coefficient (Wildman–Crippen LogP) is 4.40. The van der Waals surface area contributed by atoms with Gasteiger partial charge in [-0.1, -0.05) is 25.4 Å². The van der Waals surface area contributed by atoms with Gasteiger partial charge in [0, 0.05) is 11.8 Å². The summed E-state index contributed by atoms with van der Waals surface area (Å²) in [6.07, 6.45) is 1.10. The Morgan fingerprint density at radius 3 is 3.00 bits per heavy atom. The van der Waals surface area contributed by atoms with E-state index < -0.39 is 0 Å². The van der Waals surface area contributed by atoms with Gasteiger partial charge in [0.15, 0.2) is 0 Å². The molecule has 0 saturated carbocycles. The van der Waals surface area contributed by atoms with Crippen LogP contribution in [0.5, 0.6) is 0 Å². The zero-order valence-electron chi connectivity index (χ0n) is 10.8.